The predicted molar refractivity (Wildman–Crippen MR) is 127 cm³/mol. The fraction of sp³-hybridized carbons (Fsp3) is 0.964. The molecular formula is C28H48O4. The van der Waals surface area contributed by atoms with Gasteiger partial charge in [0.05, 0.1) is 19.3 Å². The Morgan fingerprint density at radius 1 is 1.03 bits per heavy atom. The summed E-state index contributed by atoms with van der Waals surface area (Å²) >= 11 is 0. The largest absolute Gasteiger partial charge is 0.469 e. The Hall–Kier alpha value is -0.610. The van der Waals surface area contributed by atoms with Crippen molar-refractivity contribution in [3.05, 3.63) is 0 Å². The fourth-order valence-electron chi connectivity index (χ4n) is 9.44. The van der Waals surface area contributed by atoms with Crippen molar-refractivity contribution in [2.45, 2.75) is 105 Å². The summed E-state index contributed by atoms with van der Waals surface area (Å²) in [6, 6.07) is 0. The van der Waals surface area contributed by atoms with Gasteiger partial charge < -0.3 is 14.9 Å². The first-order chi connectivity index (χ1) is 15.0. The minimum atomic E-state index is -0.313. The molecule has 0 amide bonds. The van der Waals surface area contributed by atoms with E-state index in [1.165, 1.54) is 26.4 Å². The first kappa shape index (κ1) is 24.5. The van der Waals surface area contributed by atoms with E-state index in [9.17, 15) is 15.0 Å². The van der Waals surface area contributed by atoms with Gasteiger partial charge in [-0.3, -0.25) is 4.79 Å². The van der Waals surface area contributed by atoms with Gasteiger partial charge in [-0.15, -0.1) is 0 Å². The highest BCUT2D eigenvalue weighted by Gasteiger charge is 2.65. The van der Waals surface area contributed by atoms with Gasteiger partial charge in [0.15, 0.2) is 0 Å². The molecule has 4 rings (SSSR count). The van der Waals surface area contributed by atoms with Crippen molar-refractivity contribution in [2.75, 3.05) is 7.11 Å². The van der Waals surface area contributed by atoms with Gasteiger partial charge in [-0.2, -0.15) is 0 Å². The van der Waals surface area contributed by atoms with Crippen LogP contribution in [-0.2, 0) is 9.53 Å². The summed E-state index contributed by atoms with van der Waals surface area (Å²) in [5.74, 6) is 3.87. The van der Waals surface area contributed by atoms with Gasteiger partial charge in [0, 0.05) is 6.42 Å². The minimum Gasteiger partial charge on any atom is -0.469 e. The Balaban J connectivity index is 1.56. The van der Waals surface area contributed by atoms with Gasteiger partial charge in [0.25, 0.3) is 0 Å². The molecule has 0 aromatic carbocycles. The first-order valence-corrected chi connectivity index (χ1v) is 13.5. The summed E-state index contributed by atoms with van der Waals surface area (Å²) in [4.78, 5) is 11.7. The van der Waals surface area contributed by atoms with Gasteiger partial charge in [-0.1, -0.05) is 34.6 Å². The van der Waals surface area contributed by atoms with Crippen molar-refractivity contribution < 1.29 is 19.7 Å². The van der Waals surface area contributed by atoms with Crippen LogP contribution in [0.2, 0.25) is 0 Å². The number of carbonyl (C=O) groups excluding carboxylic acids is 1. The molecule has 0 radical (unpaired) electrons. The molecule has 11 atom stereocenters. The Morgan fingerprint density at radius 2 is 1.75 bits per heavy atom. The highest BCUT2D eigenvalue weighted by Crippen LogP contribution is 2.68. The van der Waals surface area contributed by atoms with Crippen LogP contribution in [-0.4, -0.2) is 35.5 Å². The lowest BCUT2D eigenvalue weighted by molar-refractivity contribution is -0.205. The van der Waals surface area contributed by atoms with Gasteiger partial charge in [0.2, 0.25) is 0 Å². The Morgan fingerprint density at radius 3 is 2.41 bits per heavy atom. The van der Waals surface area contributed by atoms with Gasteiger partial charge >= 0.3 is 5.97 Å². The molecule has 0 aromatic rings. The summed E-state index contributed by atoms with van der Waals surface area (Å²) in [7, 11) is 1.46. The molecule has 11 unspecified atom stereocenters. The molecule has 2 N–H and O–H groups in total. The third-order valence-electron chi connectivity index (χ3n) is 11.6. The van der Waals surface area contributed by atoms with Gasteiger partial charge in [-0.25, -0.2) is 0 Å². The van der Waals surface area contributed by atoms with Crippen LogP contribution in [0.5, 0.6) is 0 Å². The maximum atomic E-state index is 11.7. The van der Waals surface area contributed by atoms with Crippen molar-refractivity contribution in [3.8, 4) is 0 Å². The number of hydrogen-bond acceptors (Lipinski definition) is 4. The minimum absolute atomic E-state index is 0.139. The van der Waals surface area contributed by atoms with E-state index in [1.54, 1.807) is 0 Å². The van der Waals surface area contributed by atoms with E-state index in [0.29, 0.717) is 41.9 Å². The third kappa shape index (κ3) is 3.76. The second-order valence-electron chi connectivity index (χ2n) is 13.0. The summed E-state index contributed by atoms with van der Waals surface area (Å²) in [6.45, 7) is 11.8. The van der Waals surface area contributed by atoms with E-state index in [2.05, 4.69) is 34.6 Å². The lowest BCUT2D eigenvalue weighted by atomic mass is 9.42. The Labute approximate surface area is 195 Å². The van der Waals surface area contributed by atoms with E-state index in [4.69, 9.17) is 4.74 Å². The topological polar surface area (TPSA) is 66.8 Å². The number of esters is 1. The Bertz CT molecular complexity index is 691. The molecule has 4 nitrogen and oxygen atoms in total. The van der Waals surface area contributed by atoms with Crippen LogP contribution in [0.1, 0.15) is 92.4 Å². The maximum absolute atomic E-state index is 11.7. The molecule has 0 spiro atoms. The van der Waals surface area contributed by atoms with E-state index in [-0.39, 0.29) is 29.0 Å². The number of rotatable bonds is 5. The van der Waals surface area contributed by atoms with E-state index in [1.807, 2.05) is 0 Å². The van der Waals surface area contributed by atoms with Crippen LogP contribution < -0.4 is 0 Å². The number of aliphatic hydroxyl groups excluding tert-OH is 2. The number of aliphatic hydroxyl groups is 2. The molecule has 4 saturated carbocycles. The molecule has 0 aromatic heterocycles. The highest BCUT2D eigenvalue weighted by atomic mass is 16.5. The average molecular weight is 449 g/mol. The molecule has 4 fully saturated rings. The molecule has 0 saturated heterocycles. The third-order valence-corrected chi connectivity index (χ3v) is 11.6. The lowest BCUT2D eigenvalue weighted by Crippen LogP contribution is -2.62. The molecular weight excluding hydrogens is 400 g/mol. The van der Waals surface area contributed by atoms with E-state index in [0.717, 1.165) is 43.9 Å². The van der Waals surface area contributed by atoms with E-state index < -0.39 is 0 Å². The number of methoxy groups -OCH3 is 1. The second-order valence-corrected chi connectivity index (χ2v) is 13.0. The monoisotopic (exact) mass is 448 g/mol. The number of fused-ring (bicyclic) bond motifs is 5. The molecule has 184 valence electrons. The lowest BCUT2D eigenvalue weighted by Gasteiger charge is -2.64. The quantitative estimate of drug-likeness (QED) is 0.549. The molecule has 4 aliphatic rings. The summed E-state index contributed by atoms with van der Waals surface area (Å²) in [6.07, 6.45) is 8.53. The fourth-order valence-corrected chi connectivity index (χ4v) is 9.44. The van der Waals surface area contributed by atoms with Crippen molar-refractivity contribution in [3.63, 3.8) is 0 Å². The van der Waals surface area contributed by atoms with Gasteiger partial charge in [0.1, 0.15) is 0 Å². The van der Waals surface area contributed by atoms with Crippen LogP contribution in [0.3, 0.4) is 0 Å². The summed E-state index contributed by atoms with van der Waals surface area (Å²) in [5.41, 5.74) is 0.0994. The normalized spacial score (nSPS) is 49.2. The maximum Gasteiger partial charge on any atom is 0.305 e. The van der Waals surface area contributed by atoms with Crippen LogP contribution in [0.4, 0.5) is 0 Å². The predicted octanol–water partition coefficient (Wildman–Crippen LogP) is 5.45. The van der Waals surface area contributed by atoms with Crippen LogP contribution in [0.25, 0.3) is 0 Å². The molecule has 4 aliphatic carbocycles. The van der Waals surface area contributed by atoms with E-state index >= 15 is 0 Å². The zero-order valence-corrected chi connectivity index (χ0v) is 21.3. The SMILES string of the molecule is COC(=O)CCC(C)C1CCC2C3C(O)CC4CC(C(C)C)CCC4(C)C3CC(O)C12C. The average Bonchev–Trinajstić information content (AvgIpc) is 3.11. The molecule has 0 heterocycles. The number of hydrogen-bond donors (Lipinski definition) is 2. The smallest absolute Gasteiger partial charge is 0.305 e. The van der Waals surface area contributed by atoms with Crippen LogP contribution in [0.15, 0.2) is 0 Å². The van der Waals surface area contributed by atoms with Crippen molar-refractivity contribution in [1.29, 1.82) is 0 Å². The Kier molecular flexibility index (Phi) is 6.80. The number of ether oxygens (including phenoxy) is 1. The zero-order valence-electron chi connectivity index (χ0n) is 21.3. The van der Waals surface area contributed by atoms with Gasteiger partial charge in [-0.05, 0) is 110 Å². The zero-order chi connectivity index (χ0) is 23.4. The molecule has 32 heavy (non-hydrogen) atoms. The standard InChI is InChI=1S/C28H48O4/c1-16(2)18-11-12-27(4)19(13-18)14-23(29)26-21-9-8-20(17(3)7-10-25(31)32-6)28(21,5)24(30)15-22(26)27/h16-24,26,29-30H,7-15H2,1-6H3. The van der Waals surface area contributed by atoms with Crippen LogP contribution in [0, 0.1) is 58.2 Å². The van der Waals surface area contributed by atoms with Crippen LogP contribution >= 0.6 is 0 Å². The van der Waals surface area contributed by atoms with Crippen molar-refractivity contribution >= 4 is 5.97 Å². The summed E-state index contributed by atoms with van der Waals surface area (Å²) in [5, 5.41) is 23.2. The number of carbonyl (C=O) groups is 1. The highest BCUT2D eigenvalue weighted by molar-refractivity contribution is 5.69. The molecule has 0 aliphatic heterocycles. The first-order valence-electron chi connectivity index (χ1n) is 13.5. The van der Waals surface area contributed by atoms with Crippen molar-refractivity contribution in [2.24, 2.45) is 58.2 Å². The van der Waals surface area contributed by atoms with Crippen molar-refractivity contribution in [1.82, 2.24) is 0 Å². The summed E-state index contributed by atoms with van der Waals surface area (Å²) < 4.78 is 4.86. The molecule has 0 bridgehead atoms. The second kappa shape index (κ2) is 8.87. The molecule has 4 heteroatoms.